The van der Waals surface area contributed by atoms with Crippen LogP contribution in [0.1, 0.15) is 17.2 Å². The highest BCUT2D eigenvalue weighted by Gasteiger charge is 2.30. The molecule has 7 nitrogen and oxygen atoms in total. The third-order valence-electron chi connectivity index (χ3n) is 3.88. The molecule has 0 fully saturated rings. The van der Waals surface area contributed by atoms with Crippen molar-refractivity contribution in [2.24, 2.45) is 5.73 Å². The molecule has 1 unspecified atom stereocenters. The highest BCUT2D eigenvalue weighted by molar-refractivity contribution is 7.89. The number of benzene rings is 2. The largest absolute Gasteiger partial charge is 0.416 e. The number of alkyl halides is 3. The van der Waals surface area contributed by atoms with Gasteiger partial charge in [0.2, 0.25) is 10.0 Å². The van der Waals surface area contributed by atoms with Crippen molar-refractivity contribution in [3.8, 4) is 0 Å². The summed E-state index contributed by atoms with van der Waals surface area (Å²) >= 11 is 0. The zero-order valence-electron chi connectivity index (χ0n) is 14.5. The van der Waals surface area contributed by atoms with Crippen LogP contribution in [-0.4, -0.2) is 31.2 Å². The number of non-ortho nitro benzene ring substituents is 1. The molecule has 0 saturated heterocycles. The van der Waals surface area contributed by atoms with E-state index >= 15 is 0 Å². The molecule has 0 aliphatic rings. The molecule has 0 radical (unpaired) electrons. The summed E-state index contributed by atoms with van der Waals surface area (Å²) in [4.78, 5) is 9.83. The first-order chi connectivity index (χ1) is 12.4. The highest BCUT2D eigenvalue weighted by atomic mass is 35.5. The predicted octanol–water partition coefficient (Wildman–Crippen LogP) is 3.36. The van der Waals surface area contributed by atoms with Crippen molar-refractivity contribution in [2.45, 2.75) is 17.1 Å². The summed E-state index contributed by atoms with van der Waals surface area (Å²) in [6.07, 6.45) is -4.47. The number of nitrogens with two attached hydrogens (primary N) is 1. The Hall–Kier alpha value is -2.21. The zero-order chi connectivity index (χ0) is 20.4. The van der Waals surface area contributed by atoms with Gasteiger partial charge in [-0.05, 0) is 29.8 Å². The van der Waals surface area contributed by atoms with Gasteiger partial charge in [-0.1, -0.05) is 12.1 Å². The monoisotopic (exact) mass is 439 g/mol. The molecule has 1 atom stereocenters. The SMILES string of the molecule is CN(CC(N)c1ccc(C(F)(F)F)cc1)S(=O)(=O)c1ccc([N+](=O)[O-])cc1.Cl. The Labute approximate surface area is 165 Å². The van der Waals surface area contributed by atoms with Crippen LogP contribution in [0.5, 0.6) is 0 Å². The van der Waals surface area contributed by atoms with Crippen LogP contribution in [0.3, 0.4) is 0 Å². The maximum atomic E-state index is 12.6. The summed E-state index contributed by atoms with van der Waals surface area (Å²) < 4.78 is 63.8. The molecule has 0 saturated carbocycles. The number of hydrogen-bond donors (Lipinski definition) is 1. The number of hydrogen-bond acceptors (Lipinski definition) is 5. The summed E-state index contributed by atoms with van der Waals surface area (Å²) in [6, 6.07) is 7.62. The standard InChI is InChI=1S/C16H16F3N3O4S.ClH/c1-21(27(25,26)14-8-6-13(7-9-14)22(23)24)10-15(20)11-2-4-12(5-3-11)16(17,18)19;/h2-9,15H,10,20H2,1H3;1H. The van der Waals surface area contributed by atoms with E-state index in [4.69, 9.17) is 5.73 Å². The Kier molecular flexibility index (Phi) is 7.54. The molecule has 2 N–H and O–H groups in total. The quantitative estimate of drug-likeness (QED) is 0.548. The van der Waals surface area contributed by atoms with Crippen LogP contribution in [0.15, 0.2) is 53.4 Å². The van der Waals surface area contributed by atoms with Gasteiger partial charge in [0.05, 0.1) is 15.4 Å². The molecular formula is C16H17ClF3N3O4S. The Morgan fingerprint density at radius 3 is 2.04 bits per heavy atom. The maximum absolute atomic E-state index is 12.6. The molecule has 0 bridgehead atoms. The number of sulfonamides is 1. The molecule has 0 aliphatic carbocycles. The second kappa shape index (κ2) is 8.86. The Morgan fingerprint density at radius 2 is 1.61 bits per heavy atom. The summed E-state index contributed by atoms with van der Waals surface area (Å²) in [5, 5.41) is 10.6. The van der Waals surface area contributed by atoms with Gasteiger partial charge in [0, 0.05) is 31.8 Å². The lowest BCUT2D eigenvalue weighted by molar-refractivity contribution is -0.384. The lowest BCUT2D eigenvalue weighted by Gasteiger charge is -2.22. The second-order valence-electron chi connectivity index (χ2n) is 5.76. The fourth-order valence-electron chi connectivity index (χ4n) is 2.32. The zero-order valence-corrected chi connectivity index (χ0v) is 16.1. The molecule has 0 aliphatic heterocycles. The van der Waals surface area contributed by atoms with Crippen molar-refractivity contribution in [1.82, 2.24) is 4.31 Å². The summed E-state index contributed by atoms with van der Waals surface area (Å²) in [6.45, 7) is -0.190. The van der Waals surface area contributed by atoms with E-state index in [0.717, 1.165) is 40.7 Å². The summed E-state index contributed by atoms with van der Waals surface area (Å²) in [7, 11) is -2.70. The van der Waals surface area contributed by atoms with Crippen molar-refractivity contribution in [2.75, 3.05) is 13.6 Å². The fraction of sp³-hybridized carbons (Fsp3) is 0.250. The molecule has 154 valence electrons. The first-order valence-electron chi connectivity index (χ1n) is 7.56. The molecule has 2 aromatic carbocycles. The van der Waals surface area contributed by atoms with Gasteiger partial charge in [-0.15, -0.1) is 12.4 Å². The van der Waals surface area contributed by atoms with Crippen LogP contribution in [0.4, 0.5) is 18.9 Å². The molecule has 0 amide bonds. The summed E-state index contributed by atoms with van der Waals surface area (Å²) in [5.74, 6) is 0. The van der Waals surface area contributed by atoms with Crippen molar-refractivity contribution in [3.63, 3.8) is 0 Å². The van der Waals surface area contributed by atoms with E-state index in [-0.39, 0.29) is 29.5 Å². The lowest BCUT2D eigenvalue weighted by Crippen LogP contribution is -2.34. The summed E-state index contributed by atoms with van der Waals surface area (Å²) in [5.41, 5.74) is 5.18. The maximum Gasteiger partial charge on any atom is 0.416 e. The van der Waals surface area contributed by atoms with Gasteiger partial charge < -0.3 is 5.73 Å². The normalized spacial score (nSPS) is 13.1. The van der Waals surface area contributed by atoms with Crippen LogP contribution >= 0.6 is 12.4 Å². The van der Waals surface area contributed by atoms with E-state index in [9.17, 15) is 31.7 Å². The van der Waals surface area contributed by atoms with Gasteiger partial charge in [0.25, 0.3) is 5.69 Å². The number of likely N-dealkylation sites (N-methyl/N-ethyl adjacent to an activating group) is 1. The van der Waals surface area contributed by atoms with Gasteiger partial charge >= 0.3 is 6.18 Å². The van der Waals surface area contributed by atoms with Crippen LogP contribution in [-0.2, 0) is 16.2 Å². The molecule has 2 rings (SSSR count). The molecule has 12 heteroatoms. The minimum absolute atomic E-state index is 0. The van der Waals surface area contributed by atoms with Crippen molar-refractivity contribution >= 4 is 28.1 Å². The van der Waals surface area contributed by atoms with E-state index < -0.39 is 32.7 Å². The topological polar surface area (TPSA) is 107 Å². The number of nitrogens with zero attached hydrogens (tertiary/aromatic N) is 2. The number of nitro benzene ring substituents is 1. The van der Waals surface area contributed by atoms with Crippen LogP contribution in [0.25, 0.3) is 0 Å². The van der Waals surface area contributed by atoms with Crippen molar-refractivity contribution in [1.29, 1.82) is 0 Å². The predicted molar refractivity (Wildman–Crippen MR) is 98.5 cm³/mol. The Bertz CT molecular complexity index is 920. The van der Waals surface area contributed by atoms with Gasteiger partial charge in [0.1, 0.15) is 0 Å². The molecule has 0 heterocycles. The first kappa shape index (κ1) is 23.8. The number of halogens is 4. The van der Waals surface area contributed by atoms with Gasteiger partial charge in [-0.3, -0.25) is 10.1 Å². The first-order valence-corrected chi connectivity index (χ1v) is 9.00. The third kappa shape index (κ3) is 5.41. The van der Waals surface area contributed by atoms with Crippen LogP contribution < -0.4 is 5.73 Å². The number of rotatable bonds is 6. The molecule has 0 aromatic heterocycles. The van der Waals surface area contributed by atoms with E-state index in [2.05, 4.69) is 0 Å². The lowest BCUT2D eigenvalue weighted by atomic mass is 10.1. The average Bonchev–Trinajstić information content (AvgIpc) is 2.61. The van der Waals surface area contributed by atoms with Crippen LogP contribution in [0.2, 0.25) is 0 Å². The minimum atomic E-state index is -4.47. The van der Waals surface area contributed by atoms with E-state index in [1.54, 1.807) is 0 Å². The second-order valence-corrected chi connectivity index (χ2v) is 7.81. The highest BCUT2D eigenvalue weighted by Crippen LogP contribution is 2.30. The van der Waals surface area contributed by atoms with Crippen LogP contribution in [0, 0.1) is 10.1 Å². The molecule has 2 aromatic rings. The van der Waals surface area contributed by atoms with E-state index in [0.29, 0.717) is 5.56 Å². The smallest absolute Gasteiger partial charge is 0.323 e. The Morgan fingerprint density at radius 1 is 1.11 bits per heavy atom. The average molecular weight is 440 g/mol. The van der Waals surface area contributed by atoms with E-state index in [1.165, 1.54) is 19.2 Å². The number of nitro groups is 1. The van der Waals surface area contributed by atoms with E-state index in [1.807, 2.05) is 0 Å². The van der Waals surface area contributed by atoms with Crippen molar-refractivity contribution < 1.29 is 26.5 Å². The van der Waals surface area contributed by atoms with Gasteiger partial charge in [0.15, 0.2) is 0 Å². The molecule has 28 heavy (non-hydrogen) atoms. The van der Waals surface area contributed by atoms with Gasteiger partial charge in [-0.25, -0.2) is 8.42 Å². The Balaban J connectivity index is 0.00000392. The third-order valence-corrected chi connectivity index (χ3v) is 5.71. The molecular weight excluding hydrogens is 423 g/mol. The molecule has 0 spiro atoms. The van der Waals surface area contributed by atoms with Crippen molar-refractivity contribution in [3.05, 3.63) is 69.8 Å². The fourth-order valence-corrected chi connectivity index (χ4v) is 3.52. The van der Waals surface area contributed by atoms with Gasteiger partial charge in [-0.2, -0.15) is 17.5 Å². The minimum Gasteiger partial charge on any atom is -0.323 e.